The van der Waals surface area contributed by atoms with Gasteiger partial charge in [-0.25, -0.2) is 0 Å². The summed E-state index contributed by atoms with van der Waals surface area (Å²) in [6.45, 7) is 1.11. The lowest BCUT2D eigenvalue weighted by Crippen LogP contribution is -2.06. The Morgan fingerprint density at radius 3 is 2.19 bits per heavy atom. The largest absolute Gasteiger partial charge is 0.493 e. The van der Waals surface area contributed by atoms with Crippen LogP contribution >= 0.6 is 61.1 Å². The number of halogens is 3. The summed E-state index contributed by atoms with van der Waals surface area (Å²) in [5.41, 5.74) is 6.26. The van der Waals surface area contributed by atoms with Gasteiger partial charge in [-0.05, 0) is 98.3 Å². The minimum atomic E-state index is 0.527. The quantitative estimate of drug-likeness (QED) is 0.160. The zero-order chi connectivity index (χ0) is 22.2. The maximum absolute atomic E-state index is 6.06. The van der Waals surface area contributed by atoms with E-state index in [1.807, 2.05) is 36.5 Å². The van der Waals surface area contributed by atoms with Crippen LogP contribution in [0.25, 0.3) is 0 Å². The predicted molar refractivity (Wildman–Crippen MR) is 144 cm³/mol. The van der Waals surface area contributed by atoms with E-state index in [0.29, 0.717) is 24.7 Å². The molecule has 5 nitrogen and oxygen atoms in total. The molecule has 8 heteroatoms. The molecule has 0 aliphatic heterocycles. The van der Waals surface area contributed by atoms with Gasteiger partial charge in [-0.15, -0.1) is 0 Å². The first kappa shape index (κ1) is 24.1. The van der Waals surface area contributed by atoms with Crippen LogP contribution in [0.15, 0.2) is 64.2 Å². The van der Waals surface area contributed by atoms with E-state index in [9.17, 15) is 0 Å². The van der Waals surface area contributed by atoms with Crippen molar-refractivity contribution in [2.24, 2.45) is 5.10 Å². The average Bonchev–Trinajstić information content (AvgIpc) is 2.77. The van der Waals surface area contributed by atoms with Gasteiger partial charge in [-0.1, -0.05) is 34.1 Å². The number of methoxy groups -OCH3 is 2. The Bertz CT molecular complexity index is 1040. The fraction of sp³-hybridized carbons (Fsp3) is 0.174. The summed E-state index contributed by atoms with van der Waals surface area (Å²) in [6.07, 6.45) is 1.81. The van der Waals surface area contributed by atoms with E-state index in [4.69, 9.17) is 14.2 Å². The predicted octanol–water partition coefficient (Wildman–Crippen LogP) is 6.38. The van der Waals surface area contributed by atoms with Crippen molar-refractivity contribution in [3.63, 3.8) is 0 Å². The second kappa shape index (κ2) is 11.9. The monoisotopic (exact) mass is 706 g/mol. The summed E-state index contributed by atoms with van der Waals surface area (Å²) in [7, 11) is 3.25. The second-order valence-corrected chi connectivity index (χ2v) is 9.75. The molecular weight excluding hydrogens is 686 g/mol. The second-order valence-electron chi connectivity index (χ2n) is 6.51. The molecule has 0 aliphatic carbocycles. The number of hydrogen-bond donors (Lipinski definition) is 1. The molecule has 3 aromatic carbocycles. The molecule has 0 heterocycles. The minimum absolute atomic E-state index is 0.527. The van der Waals surface area contributed by atoms with Gasteiger partial charge in [0.2, 0.25) is 0 Å². The van der Waals surface area contributed by atoms with Crippen molar-refractivity contribution in [2.75, 3.05) is 14.2 Å². The highest BCUT2D eigenvalue weighted by molar-refractivity contribution is 14.1. The lowest BCUT2D eigenvalue weighted by Gasteiger charge is -2.12. The molecule has 31 heavy (non-hydrogen) atoms. The first-order valence-corrected chi connectivity index (χ1v) is 12.3. The first-order valence-electron chi connectivity index (χ1n) is 9.33. The summed E-state index contributed by atoms with van der Waals surface area (Å²) < 4.78 is 19.8. The van der Waals surface area contributed by atoms with Gasteiger partial charge in [-0.2, -0.15) is 5.10 Å². The first-order chi connectivity index (χ1) is 15.0. The molecule has 0 unspecified atom stereocenters. The molecular formula is C23H21BrI2N2O3. The number of nitrogens with zero attached hydrogens (tertiary/aromatic N) is 1. The molecule has 0 atom stereocenters. The Morgan fingerprint density at radius 2 is 1.55 bits per heavy atom. The van der Waals surface area contributed by atoms with Crippen molar-refractivity contribution in [3.05, 3.63) is 82.9 Å². The van der Waals surface area contributed by atoms with Crippen molar-refractivity contribution < 1.29 is 14.2 Å². The van der Waals surface area contributed by atoms with Gasteiger partial charge in [0.1, 0.15) is 12.4 Å². The molecule has 162 valence electrons. The molecule has 0 amide bonds. The SMILES string of the molecule is COc1ccc(CN/N=C/c2cc(I)c(OCc3ccc(Br)cc3)c(I)c2)cc1OC. The van der Waals surface area contributed by atoms with Crippen molar-refractivity contribution in [1.29, 1.82) is 0 Å². The lowest BCUT2D eigenvalue weighted by molar-refractivity contribution is 0.301. The van der Waals surface area contributed by atoms with Crippen LogP contribution in [0.1, 0.15) is 16.7 Å². The number of hydrogen-bond acceptors (Lipinski definition) is 5. The fourth-order valence-corrected chi connectivity index (χ4v) is 5.17. The highest BCUT2D eigenvalue weighted by atomic mass is 127. The zero-order valence-corrected chi connectivity index (χ0v) is 22.9. The third kappa shape index (κ3) is 6.98. The van der Waals surface area contributed by atoms with Gasteiger partial charge in [-0.3, -0.25) is 0 Å². The van der Waals surface area contributed by atoms with E-state index in [0.717, 1.165) is 34.1 Å². The highest BCUT2D eigenvalue weighted by Crippen LogP contribution is 2.30. The molecule has 0 aromatic heterocycles. The number of rotatable bonds is 9. The van der Waals surface area contributed by atoms with Crippen LogP contribution in [0.4, 0.5) is 0 Å². The minimum Gasteiger partial charge on any atom is -0.493 e. The third-order valence-corrected chi connectivity index (χ3v) is 6.48. The van der Waals surface area contributed by atoms with Crippen molar-refractivity contribution >= 4 is 67.3 Å². The Labute approximate surface area is 218 Å². The van der Waals surface area contributed by atoms with E-state index in [-0.39, 0.29) is 0 Å². The van der Waals surface area contributed by atoms with Crippen LogP contribution in [0, 0.1) is 7.14 Å². The highest BCUT2D eigenvalue weighted by Gasteiger charge is 2.09. The van der Waals surface area contributed by atoms with E-state index in [2.05, 4.69) is 95.9 Å². The van der Waals surface area contributed by atoms with Crippen LogP contribution in [-0.4, -0.2) is 20.4 Å². The average molecular weight is 707 g/mol. The fourth-order valence-electron chi connectivity index (χ4n) is 2.78. The van der Waals surface area contributed by atoms with E-state index in [1.165, 1.54) is 0 Å². The number of hydrazone groups is 1. The molecule has 0 saturated heterocycles. The molecule has 0 fully saturated rings. The molecule has 0 radical (unpaired) electrons. The Morgan fingerprint density at radius 1 is 0.903 bits per heavy atom. The van der Waals surface area contributed by atoms with Crippen LogP contribution in [0.3, 0.4) is 0 Å². The van der Waals surface area contributed by atoms with Crippen LogP contribution < -0.4 is 19.6 Å². The van der Waals surface area contributed by atoms with Crippen molar-refractivity contribution in [2.45, 2.75) is 13.2 Å². The Balaban J connectivity index is 1.59. The summed E-state index contributed by atoms with van der Waals surface area (Å²) in [6, 6.07) is 18.0. The van der Waals surface area contributed by atoms with Crippen LogP contribution in [-0.2, 0) is 13.2 Å². The van der Waals surface area contributed by atoms with E-state index >= 15 is 0 Å². The summed E-state index contributed by atoms with van der Waals surface area (Å²) in [5.74, 6) is 2.30. The molecule has 3 aromatic rings. The number of nitrogens with one attached hydrogen (secondary N) is 1. The number of ether oxygens (including phenoxy) is 3. The Kier molecular flexibility index (Phi) is 9.27. The van der Waals surface area contributed by atoms with Gasteiger partial charge in [0.25, 0.3) is 0 Å². The van der Waals surface area contributed by atoms with Gasteiger partial charge >= 0.3 is 0 Å². The zero-order valence-electron chi connectivity index (χ0n) is 17.0. The molecule has 1 N–H and O–H groups in total. The topological polar surface area (TPSA) is 52.1 Å². The molecule has 0 spiro atoms. The molecule has 3 rings (SSSR count). The summed E-state index contributed by atoms with van der Waals surface area (Å²) in [5, 5.41) is 4.35. The molecule has 0 saturated carbocycles. The smallest absolute Gasteiger partial charge is 0.161 e. The molecule has 0 bridgehead atoms. The summed E-state index contributed by atoms with van der Waals surface area (Å²) >= 11 is 8.05. The van der Waals surface area contributed by atoms with Crippen molar-refractivity contribution in [3.8, 4) is 17.2 Å². The van der Waals surface area contributed by atoms with E-state index in [1.54, 1.807) is 14.2 Å². The Hall–Kier alpha value is -1.53. The maximum Gasteiger partial charge on any atom is 0.161 e. The van der Waals surface area contributed by atoms with Crippen LogP contribution in [0.2, 0.25) is 0 Å². The maximum atomic E-state index is 6.06. The van der Waals surface area contributed by atoms with Gasteiger partial charge in [0.15, 0.2) is 11.5 Å². The lowest BCUT2D eigenvalue weighted by atomic mass is 10.2. The normalized spacial score (nSPS) is 10.9. The van der Waals surface area contributed by atoms with E-state index < -0.39 is 0 Å². The third-order valence-electron chi connectivity index (χ3n) is 4.35. The molecule has 0 aliphatic rings. The van der Waals surface area contributed by atoms with Gasteiger partial charge in [0.05, 0.1) is 34.1 Å². The van der Waals surface area contributed by atoms with Gasteiger partial charge in [0, 0.05) is 4.47 Å². The van der Waals surface area contributed by atoms with Gasteiger partial charge < -0.3 is 19.6 Å². The number of benzene rings is 3. The standard InChI is InChI=1S/C23H21BrI2N2O3/c1-29-21-8-5-16(11-22(21)30-2)12-27-28-13-17-9-19(25)23(20(26)10-17)31-14-15-3-6-18(24)7-4-15/h3-11,13,27H,12,14H2,1-2H3/b28-13+. The van der Waals surface area contributed by atoms with Crippen molar-refractivity contribution in [1.82, 2.24) is 5.43 Å². The van der Waals surface area contributed by atoms with Crippen LogP contribution in [0.5, 0.6) is 17.2 Å². The summed E-state index contributed by atoms with van der Waals surface area (Å²) in [4.78, 5) is 0.